The van der Waals surface area contributed by atoms with Crippen molar-refractivity contribution in [1.29, 1.82) is 0 Å². The van der Waals surface area contributed by atoms with E-state index >= 15 is 0 Å². The molecule has 3 radical (unpaired) electrons. The van der Waals surface area contributed by atoms with Crippen LogP contribution in [0.5, 0.6) is 0 Å². The molecule has 4 N–H and O–H groups in total. The second-order valence-electron chi connectivity index (χ2n) is 0.600. The van der Waals surface area contributed by atoms with Gasteiger partial charge in [0.15, 0.2) is 0 Å². The summed E-state index contributed by atoms with van der Waals surface area (Å²) in [4.78, 5) is 29.3. The standard InChI is InChI=1S/BH3.H4O4Si.P/c;1-5(2,3)4;/h1H3;1-4H;. The van der Waals surface area contributed by atoms with E-state index in [1.165, 1.54) is 0 Å². The molecular weight excluding hydrogens is 134 g/mol. The van der Waals surface area contributed by atoms with Crippen molar-refractivity contribution >= 4 is 27.4 Å². The van der Waals surface area contributed by atoms with Crippen molar-refractivity contribution < 1.29 is 19.2 Å². The van der Waals surface area contributed by atoms with Crippen molar-refractivity contribution in [2.24, 2.45) is 0 Å². The maximum atomic E-state index is 7.33. The first kappa shape index (κ1) is 15.6. The van der Waals surface area contributed by atoms with Gasteiger partial charge in [0.2, 0.25) is 0 Å². The zero-order valence-electron chi connectivity index (χ0n) is 2.74. The Morgan fingerprint density at radius 3 is 0.857 bits per heavy atom. The average molecular weight is 141 g/mol. The lowest BCUT2D eigenvalue weighted by Crippen LogP contribution is -2.33. The van der Waals surface area contributed by atoms with E-state index in [1.54, 1.807) is 0 Å². The first-order chi connectivity index (χ1) is 2.00. The normalized spacial score (nSPS) is 8.57. The highest BCUT2D eigenvalue weighted by molar-refractivity contribution is 6.92. The lowest BCUT2D eigenvalue weighted by atomic mass is 10.8. The van der Waals surface area contributed by atoms with Crippen LogP contribution in [0.15, 0.2) is 0 Å². The second kappa shape index (κ2) is 4.70. The molecule has 0 saturated heterocycles. The van der Waals surface area contributed by atoms with Crippen molar-refractivity contribution in [3.63, 3.8) is 0 Å². The molecule has 4 nitrogen and oxygen atoms in total. The fourth-order valence-corrected chi connectivity index (χ4v) is 0. The van der Waals surface area contributed by atoms with E-state index in [-0.39, 0.29) is 18.3 Å². The van der Waals surface area contributed by atoms with Crippen molar-refractivity contribution in [2.45, 2.75) is 0 Å². The van der Waals surface area contributed by atoms with Gasteiger partial charge in [0.05, 0.1) is 8.41 Å². The Morgan fingerprint density at radius 1 is 0.857 bits per heavy atom. The highest BCUT2D eigenvalue weighted by atomic mass is 31.0. The molecule has 0 aliphatic carbocycles. The molecule has 0 aromatic heterocycles. The molecule has 0 atom stereocenters. The van der Waals surface area contributed by atoms with Crippen molar-refractivity contribution in [1.82, 2.24) is 0 Å². The van der Waals surface area contributed by atoms with Gasteiger partial charge in [0, 0.05) is 9.90 Å². The quantitative estimate of drug-likeness (QED) is 0.215. The van der Waals surface area contributed by atoms with Crippen molar-refractivity contribution in [2.75, 3.05) is 0 Å². The molecule has 0 rings (SSSR count). The van der Waals surface area contributed by atoms with Gasteiger partial charge in [0.1, 0.15) is 0 Å². The monoisotopic (exact) mass is 141 g/mol. The molecule has 0 aliphatic heterocycles. The van der Waals surface area contributed by atoms with Crippen LogP contribution in [0.4, 0.5) is 0 Å². The Bertz CT molecular complexity index is 27.2. The SMILES string of the molecule is B.O[Si](O)(O)O.[P]. The average Bonchev–Trinajstić information content (AvgIpc) is 0.722. The molecule has 0 fully saturated rings. The highest BCUT2D eigenvalue weighted by Crippen LogP contribution is 1.67. The lowest BCUT2D eigenvalue weighted by molar-refractivity contribution is 0.117. The molecule has 0 aromatic rings. The fraction of sp³-hybridized carbons (Fsp3) is 0. The molecule has 7 heteroatoms. The summed E-state index contributed by atoms with van der Waals surface area (Å²) in [5.41, 5.74) is 0. The summed E-state index contributed by atoms with van der Waals surface area (Å²) in [6.45, 7) is 0. The number of rotatable bonds is 0. The second-order valence-corrected chi connectivity index (χ2v) is 1.80. The van der Waals surface area contributed by atoms with Crippen LogP contribution in [-0.4, -0.2) is 36.6 Å². The van der Waals surface area contributed by atoms with E-state index in [4.69, 9.17) is 19.2 Å². The molecule has 0 spiro atoms. The summed E-state index contributed by atoms with van der Waals surface area (Å²) in [6.07, 6.45) is 0. The fourth-order valence-electron chi connectivity index (χ4n) is 0. The van der Waals surface area contributed by atoms with Gasteiger partial charge in [-0.1, -0.05) is 0 Å². The van der Waals surface area contributed by atoms with E-state index in [0.29, 0.717) is 0 Å². The zero-order valence-corrected chi connectivity index (χ0v) is 4.63. The Hall–Kier alpha value is 0.552. The van der Waals surface area contributed by atoms with Gasteiger partial charge in [-0.2, -0.15) is 0 Å². The maximum Gasteiger partial charge on any atom is 0.668 e. The maximum absolute atomic E-state index is 7.33. The van der Waals surface area contributed by atoms with Crippen molar-refractivity contribution in [3.8, 4) is 0 Å². The van der Waals surface area contributed by atoms with Gasteiger partial charge < -0.3 is 19.2 Å². The van der Waals surface area contributed by atoms with Gasteiger partial charge in [-0.05, 0) is 0 Å². The Labute approximate surface area is 47.5 Å². The van der Waals surface area contributed by atoms with Crippen LogP contribution in [0.1, 0.15) is 0 Å². The van der Waals surface area contributed by atoms with Crippen LogP contribution in [-0.2, 0) is 0 Å². The Kier molecular flexibility index (Phi) is 10.5. The summed E-state index contributed by atoms with van der Waals surface area (Å²) in [7, 11) is -4.61. The molecular formula is H7BO4PSi. The third-order valence-electron chi connectivity index (χ3n) is 0. The predicted octanol–water partition coefficient (Wildman–Crippen LogP) is -2.93. The molecule has 0 aromatic carbocycles. The van der Waals surface area contributed by atoms with E-state index < -0.39 is 9.05 Å². The van der Waals surface area contributed by atoms with Gasteiger partial charge >= 0.3 is 9.05 Å². The van der Waals surface area contributed by atoms with Gasteiger partial charge in [-0.15, -0.1) is 0 Å². The Morgan fingerprint density at radius 2 is 0.857 bits per heavy atom. The largest absolute Gasteiger partial charge is 0.668 e. The molecule has 43 valence electrons. The smallest absolute Gasteiger partial charge is 0.368 e. The Balaban J connectivity index is -0.0000000800. The molecule has 7 heavy (non-hydrogen) atoms. The molecule has 0 heterocycles. The molecule has 0 bridgehead atoms. The third kappa shape index (κ3) is 446. The van der Waals surface area contributed by atoms with Gasteiger partial charge in [-0.3, -0.25) is 0 Å². The van der Waals surface area contributed by atoms with E-state index in [1.807, 2.05) is 0 Å². The summed E-state index contributed by atoms with van der Waals surface area (Å²) in [6, 6.07) is 0. The van der Waals surface area contributed by atoms with Crippen LogP contribution >= 0.6 is 9.90 Å². The van der Waals surface area contributed by atoms with E-state index in [2.05, 4.69) is 0 Å². The minimum Gasteiger partial charge on any atom is -0.368 e. The summed E-state index contributed by atoms with van der Waals surface area (Å²) >= 11 is 0. The summed E-state index contributed by atoms with van der Waals surface area (Å²) in [5.74, 6) is 0. The molecule has 0 saturated carbocycles. The first-order valence-electron chi connectivity index (χ1n) is 0.894. The van der Waals surface area contributed by atoms with Crippen LogP contribution in [0.2, 0.25) is 0 Å². The molecule has 0 unspecified atom stereocenters. The summed E-state index contributed by atoms with van der Waals surface area (Å²) < 4.78 is 0. The molecule has 0 aliphatic rings. The van der Waals surface area contributed by atoms with Crippen LogP contribution in [0.25, 0.3) is 0 Å². The number of hydrogen-bond acceptors (Lipinski definition) is 4. The predicted molar refractivity (Wildman–Crippen MR) is 31.5 cm³/mol. The lowest BCUT2D eigenvalue weighted by Gasteiger charge is -1.91. The van der Waals surface area contributed by atoms with Gasteiger partial charge in [-0.25, -0.2) is 0 Å². The van der Waals surface area contributed by atoms with Crippen molar-refractivity contribution in [3.05, 3.63) is 0 Å². The minimum atomic E-state index is -4.61. The zero-order chi connectivity index (χ0) is 4.50. The number of hydrogen-bond donors (Lipinski definition) is 4. The van der Waals surface area contributed by atoms with Gasteiger partial charge in [0.25, 0.3) is 0 Å². The van der Waals surface area contributed by atoms with E-state index in [9.17, 15) is 0 Å². The summed E-state index contributed by atoms with van der Waals surface area (Å²) in [5, 5.41) is 0. The minimum absolute atomic E-state index is 0. The third-order valence-corrected chi connectivity index (χ3v) is 0. The van der Waals surface area contributed by atoms with Crippen LogP contribution < -0.4 is 0 Å². The highest BCUT2D eigenvalue weighted by Gasteiger charge is 2.22. The topological polar surface area (TPSA) is 80.9 Å². The van der Waals surface area contributed by atoms with E-state index in [0.717, 1.165) is 0 Å². The van der Waals surface area contributed by atoms with Crippen LogP contribution in [0, 0.1) is 0 Å². The first-order valence-corrected chi connectivity index (χ1v) is 2.68. The molecule has 0 amide bonds. The van der Waals surface area contributed by atoms with Crippen LogP contribution in [0.3, 0.4) is 0 Å².